The van der Waals surface area contributed by atoms with Gasteiger partial charge < -0.3 is 9.73 Å². The number of nitrogens with zero attached hydrogens (tertiary/aromatic N) is 2. The molecule has 0 atom stereocenters. The van der Waals surface area contributed by atoms with Crippen LogP contribution < -0.4 is 5.32 Å². The van der Waals surface area contributed by atoms with Gasteiger partial charge in [-0.05, 0) is 19.1 Å². The van der Waals surface area contributed by atoms with Crippen LogP contribution in [0.5, 0.6) is 0 Å². The summed E-state index contributed by atoms with van der Waals surface area (Å²) >= 11 is 2.68. The van der Waals surface area contributed by atoms with Crippen LogP contribution in [0.3, 0.4) is 0 Å². The molecule has 0 aliphatic heterocycles. The van der Waals surface area contributed by atoms with Gasteiger partial charge in [-0.3, -0.25) is 4.79 Å². The largest absolute Gasteiger partial charge is 0.431 e. The van der Waals surface area contributed by atoms with E-state index in [1.54, 1.807) is 0 Å². The fraction of sp³-hybridized carbons (Fsp3) is 0.154. The van der Waals surface area contributed by atoms with Gasteiger partial charge in [-0.2, -0.15) is 0 Å². The van der Waals surface area contributed by atoms with Gasteiger partial charge in [0, 0.05) is 5.38 Å². The zero-order valence-corrected chi connectivity index (χ0v) is 12.3. The van der Waals surface area contributed by atoms with Crippen molar-refractivity contribution in [2.45, 2.75) is 12.1 Å². The molecule has 102 valence electrons. The van der Waals surface area contributed by atoms with E-state index in [1.165, 1.54) is 23.1 Å². The maximum absolute atomic E-state index is 11.8. The minimum Gasteiger partial charge on any atom is -0.431 e. The SMILES string of the molecule is Cc1csc(NC(=O)CSc2nc3ccccc3o2)n1. The van der Waals surface area contributed by atoms with Gasteiger partial charge in [-0.15, -0.1) is 11.3 Å². The summed E-state index contributed by atoms with van der Waals surface area (Å²) in [5.41, 5.74) is 2.42. The Balaban J connectivity index is 1.59. The number of aromatic nitrogens is 2. The van der Waals surface area contributed by atoms with Crippen molar-refractivity contribution in [1.29, 1.82) is 0 Å². The number of carbonyl (C=O) groups is 1. The average molecular weight is 305 g/mol. The van der Waals surface area contributed by atoms with E-state index < -0.39 is 0 Å². The first kappa shape index (κ1) is 13.1. The highest BCUT2D eigenvalue weighted by molar-refractivity contribution is 7.99. The second-order valence-corrected chi connectivity index (χ2v) is 5.86. The van der Waals surface area contributed by atoms with Gasteiger partial charge in [0.1, 0.15) is 5.52 Å². The Bertz CT molecular complexity index is 718. The van der Waals surface area contributed by atoms with Crippen LogP contribution in [-0.2, 0) is 4.79 Å². The lowest BCUT2D eigenvalue weighted by atomic mass is 10.3. The molecule has 0 fully saturated rings. The molecule has 1 amide bonds. The van der Waals surface area contributed by atoms with Crippen LogP contribution in [0.25, 0.3) is 11.1 Å². The number of carbonyl (C=O) groups excluding carboxylic acids is 1. The van der Waals surface area contributed by atoms with Crippen LogP contribution in [-0.4, -0.2) is 21.6 Å². The van der Waals surface area contributed by atoms with Crippen LogP contribution in [0.4, 0.5) is 5.13 Å². The molecular formula is C13H11N3O2S2. The molecule has 0 unspecified atom stereocenters. The van der Waals surface area contributed by atoms with Crippen LogP contribution in [0, 0.1) is 6.92 Å². The lowest BCUT2D eigenvalue weighted by Gasteiger charge is -1.98. The molecule has 2 heterocycles. The molecule has 0 aliphatic rings. The highest BCUT2D eigenvalue weighted by Crippen LogP contribution is 2.23. The molecule has 7 heteroatoms. The molecule has 3 aromatic rings. The zero-order chi connectivity index (χ0) is 13.9. The number of nitrogens with one attached hydrogen (secondary N) is 1. The molecule has 0 saturated heterocycles. The van der Waals surface area contributed by atoms with Gasteiger partial charge in [-0.1, -0.05) is 23.9 Å². The maximum Gasteiger partial charge on any atom is 0.257 e. The number of hydrogen-bond donors (Lipinski definition) is 1. The average Bonchev–Trinajstić information content (AvgIpc) is 3.02. The van der Waals surface area contributed by atoms with Crippen LogP contribution in [0.2, 0.25) is 0 Å². The number of aryl methyl sites for hydroxylation is 1. The minimum atomic E-state index is -0.119. The fourth-order valence-corrected chi connectivity index (χ4v) is 2.95. The van der Waals surface area contributed by atoms with E-state index in [0.29, 0.717) is 10.4 Å². The van der Waals surface area contributed by atoms with E-state index >= 15 is 0 Å². The van der Waals surface area contributed by atoms with Crippen LogP contribution >= 0.6 is 23.1 Å². The molecule has 5 nitrogen and oxygen atoms in total. The monoisotopic (exact) mass is 305 g/mol. The first-order valence-electron chi connectivity index (χ1n) is 5.91. The number of para-hydroxylation sites is 2. The number of thioether (sulfide) groups is 1. The summed E-state index contributed by atoms with van der Waals surface area (Å²) < 4.78 is 5.53. The number of anilines is 1. The van der Waals surface area contributed by atoms with Crippen molar-refractivity contribution in [1.82, 2.24) is 9.97 Å². The number of oxazole rings is 1. The normalized spacial score (nSPS) is 10.8. The van der Waals surface area contributed by atoms with Gasteiger partial charge in [-0.25, -0.2) is 9.97 Å². The summed E-state index contributed by atoms with van der Waals surface area (Å²) in [5.74, 6) is 0.123. The Morgan fingerprint density at radius 2 is 2.25 bits per heavy atom. The summed E-state index contributed by atoms with van der Waals surface area (Å²) in [5, 5.41) is 5.75. The predicted molar refractivity (Wildman–Crippen MR) is 80.2 cm³/mol. The summed E-state index contributed by atoms with van der Waals surface area (Å²) in [7, 11) is 0. The van der Waals surface area contributed by atoms with E-state index in [2.05, 4.69) is 15.3 Å². The van der Waals surface area contributed by atoms with Gasteiger partial charge in [0.25, 0.3) is 5.22 Å². The first-order chi connectivity index (χ1) is 9.70. The fourth-order valence-electron chi connectivity index (χ4n) is 1.61. The molecule has 0 radical (unpaired) electrons. The molecule has 1 aromatic carbocycles. The Labute approximate surface area is 123 Å². The number of thiazole rings is 1. The smallest absolute Gasteiger partial charge is 0.257 e. The number of fused-ring (bicyclic) bond motifs is 1. The molecule has 0 bridgehead atoms. The third-order valence-corrected chi connectivity index (χ3v) is 4.17. The first-order valence-corrected chi connectivity index (χ1v) is 7.77. The molecule has 0 spiro atoms. The Morgan fingerprint density at radius 1 is 1.40 bits per heavy atom. The molecule has 2 aromatic heterocycles. The predicted octanol–water partition coefficient (Wildman–Crippen LogP) is 3.32. The third kappa shape index (κ3) is 3.00. The van der Waals surface area contributed by atoms with Crippen molar-refractivity contribution in [3.05, 3.63) is 35.3 Å². The summed E-state index contributed by atoms with van der Waals surface area (Å²) in [6.07, 6.45) is 0. The number of hydrogen-bond acceptors (Lipinski definition) is 6. The van der Waals surface area contributed by atoms with E-state index in [1.807, 2.05) is 36.6 Å². The number of amides is 1. The molecule has 0 aliphatic carbocycles. The Morgan fingerprint density at radius 3 is 3.00 bits per heavy atom. The highest BCUT2D eigenvalue weighted by atomic mass is 32.2. The number of rotatable bonds is 4. The van der Waals surface area contributed by atoms with Crippen molar-refractivity contribution in [2.24, 2.45) is 0 Å². The van der Waals surface area contributed by atoms with Crippen molar-refractivity contribution in [3.63, 3.8) is 0 Å². The van der Waals surface area contributed by atoms with Crippen LogP contribution in [0.1, 0.15) is 5.69 Å². The van der Waals surface area contributed by atoms with Crippen molar-refractivity contribution in [2.75, 3.05) is 11.1 Å². The Hall–Kier alpha value is -1.86. The Kier molecular flexibility index (Phi) is 3.70. The topological polar surface area (TPSA) is 68.0 Å². The minimum absolute atomic E-state index is 0.119. The lowest BCUT2D eigenvalue weighted by Crippen LogP contribution is -2.13. The van der Waals surface area contributed by atoms with Crippen molar-refractivity contribution >= 4 is 45.2 Å². The van der Waals surface area contributed by atoms with E-state index in [-0.39, 0.29) is 11.7 Å². The molecule has 20 heavy (non-hydrogen) atoms. The maximum atomic E-state index is 11.8. The van der Waals surface area contributed by atoms with Gasteiger partial charge in [0.2, 0.25) is 5.91 Å². The van der Waals surface area contributed by atoms with E-state index in [4.69, 9.17) is 4.42 Å². The van der Waals surface area contributed by atoms with E-state index in [0.717, 1.165) is 16.8 Å². The number of benzene rings is 1. The lowest BCUT2D eigenvalue weighted by molar-refractivity contribution is -0.113. The molecule has 1 N–H and O–H groups in total. The second-order valence-electron chi connectivity index (χ2n) is 4.08. The summed E-state index contributed by atoms with van der Waals surface area (Å²) in [6, 6.07) is 7.52. The summed E-state index contributed by atoms with van der Waals surface area (Å²) in [4.78, 5) is 20.3. The van der Waals surface area contributed by atoms with Crippen molar-refractivity contribution < 1.29 is 9.21 Å². The highest BCUT2D eigenvalue weighted by Gasteiger charge is 2.10. The molecule has 0 saturated carbocycles. The van der Waals surface area contributed by atoms with Gasteiger partial charge in [0.15, 0.2) is 10.7 Å². The standard InChI is InChI=1S/C13H11N3O2S2/c1-8-6-19-12(14-8)16-11(17)7-20-13-15-9-4-2-3-5-10(9)18-13/h2-6H,7H2,1H3,(H,14,16,17). The van der Waals surface area contributed by atoms with Crippen molar-refractivity contribution in [3.8, 4) is 0 Å². The van der Waals surface area contributed by atoms with Gasteiger partial charge >= 0.3 is 0 Å². The third-order valence-electron chi connectivity index (χ3n) is 2.47. The second kappa shape index (κ2) is 5.64. The van der Waals surface area contributed by atoms with E-state index in [9.17, 15) is 4.79 Å². The van der Waals surface area contributed by atoms with Gasteiger partial charge in [0.05, 0.1) is 11.4 Å². The quantitative estimate of drug-likeness (QED) is 0.749. The molecular weight excluding hydrogens is 294 g/mol. The molecule has 3 rings (SSSR count). The summed E-state index contributed by atoms with van der Waals surface area (Å²) in [6.45, 7) is 1.89. The van der Waals surface area contributed by atoms with Crippen LogP contribution in [0.15, 0.2) is 39.3 Å². The zero-order valence-electron chi connectivity index (χ0n) is 10.6.